The molecule has 3 nitrogen and oxygen atoms in total. The molecule has 0 aliphatic carbocycles. The highest BCUT2D eigenvalue weighted by Crippen LogP contribution is 2.14. The van der Waals surface area contributed by atoms with Crippen LogP contribution in [0, 0.1) is 5.82 Å². The predicted octanol–water partition coefficient (Wildman–Crippen LogP) is 2.46. The molecule has 0 N–H and O–H groups in total. The Morgan fingerprint density at radius 3 is 2.59 bits per heavy atom. The average molecular weight is 232 g/mol. The minimum atomic E-state index is -0.298. The van der Waals surface area contributed by atoms with Crippen LogP contribution in [0.5, 0.6) is 0 Å². The van der Waals surface area contributed by atoms with Crippen molar-refractivity contribution in [3.05, 3.63) is 52.8 Å². The lowest BCUT2D eigenvalue weighted by Gasteiger charge is -2.04. The van der Waals surface area contributed by atoms with Gasteiger partial charge in [-0.3, -0.25) is 9.36 Å². The maximum absolute atomic E-state index is 12.8. The van der Waals surface area contributed by atoms with Crippen LogP contribution in [-0.4, -0.2) is 9.55 Å². The van der Waals surface area contributed by atoms with Crippen LogP contribution in [0.1, 0.15) is 13.3 Å². The van der Waals surface area contributed by atoms with E-state index < -0.39 is 0 Å². The van der Waals surface area contributed by atoms with Crippen molar-refractivity contribution >= 4 is 0 Å². The van der Waals surface area contributed by atoms with Crippen molar-refractivity contribution in [1.82, 2.24) is 9.55 Å². The molecule has 1 heterocycles. The van der Waals surface area contributed by atoms with Gasteiger partial charge in [-0.15, -0.1) is 0 Å². The van der Waals surface area contributed by atoms with E-state index >= 15 is 0 Å². The standard InChI is InChI=1S/C13H13FN2O/c1-2-7-16-9-15-12(8-13(16)17)10-3-5-11(14)6-4-10/h3-6,8-9H,2,7H2,1H3. The molecule has 0 saturated carbocycles. The van der Waals surface area contributed by atoms with E-state index in [2.05, 4.69) is 4.98 Å². The van der Waals surface area contributed by atoms with Crippen molar-refractivity contribution in [2.24, 2.45) is 0 Å². The van der Waals surface area contributed by atoms with E-state index in [-0.39, 0.29) is 11.4 Å². The Hall–Kier alpha value is -1.97. The molecule has 0 bridgehead atoms. The molecule has 2 rings (SSSR count). The average Bonchev–Trinajstić information content (AvgIpc) is 2.33. The molecule has 4 heteroatoms. The fourth-order valence-electron chi connectivity index (χ4n) is 1.61. The molecule has 1 aromatic heterocycles. The molecule has 88 valence electrons. The van der Waals surface area contributed by atoms with Crippen LogP contribution < -0.4 is 5.56 Å². The number of aryl methyl sites for hydroxylation is 1. The minimum absolute atomic E-state index is 0.0822. The van der Waals surface area contributed by atoms with Crippen LogP contribution in [0.4, 0.5) is 4.39 Å². The third-order valence-corrected chi connectivity index (χ3v) is 2.48. The van der Waals surface area contributed by atoms with E-state index in [1.807, 2.05) is 6.92 Å². The molecule has 1 aromatic carbocycles. The third-order valence-electron chi connectivity index (χ3n) is 2.48. The highest BCUT2D eigenvalue weighted by molar-refractivity contribution is 5.57. The number of hydrogen-bond acceptors (Lipinski definition) is 2. The molecule has 17 heavy (non-hydrogen) atoms. The number of nitrogens with zero attached hydrogens (tertiary/aromatic N) is 2. The fraction of sp³-hybridized carbons (Fsp3) is 0.231. The lowest BCUT2D eigenvalue weighted by Crippen LogP contribution is -2.19. The molecule has 0 aliphatic heterocycles. The van der Waals surface area contributed by atoms with Gasteiger partial charge >= 0.3 is 0 Å². The van der Waals surface area contributed by atoms with Crippen LogP contribution in [0.25, 0.3) is 11.3 Å². The van der Waals surface area contributed by atoms with Crippen molar-refractivity contribution in [3.8, 4) is 11.3 Å². The Labute approximate surface area is 98.6 Å². The van der Waals surface area contributed by atoms with E-state index in [0.29, 0.717) is 12.2 Å². The SMILES string of the molecule is CCCn1cnc(-c2ccc(F)cc2)cc1=O. The molecule has 0 aliphatic rings. The van der Waals surface area contributed by atoms with E-state index in [1.54, 1.807) is 16.7 Å². The molecular weight excluding hydrogens is 219 g/mol. The number of rotatable bonds is 3. The first kappa shape index (κ1) is 11.5. The van der Waals surface area contributed by atoms with Crippen LogP contribution in [0.15, 0.2) is 41.5 Å². The van der Waals surface area contributed by atoms with Gasteiger partial charge in [0.25, 0.3) is 5.56 Å². The Morgan fingerprint density at radius 2 is 2.00 bits per heavy atom. The largest absolute Gasteiger partial charge is 0.299 e. The van der Waals surface area contributed by atoms with Crippen LogP contribution in [-0.2, 0) is 6.54 Å². The number of benzene rings is 1. The van der Waals surface area contributed by atoms with E-state index in [9.17, 15) is 9.18 Å². The summed E-state index contributed by atoms with van der Waals surface area (Å²) in [6, 6.07) is 7.41. The Balaban J connectivity index is 2.37. The van der Waals surface area contributed by atoms with Gasteiger partial charge in [-0.2, -0.15) is 0 Å². The zero-order valence-electron chi connectivity index (χ0n) is 9.56. The summed E-state index contributed by atoms with van der Waals surface area (Å²) in [4.78, 5) is 15.9. The van der Waals surface area contributed by atoms with Crippen molar-refractivity contribution in [2.75, 3.05) is 0 Å². The zero-order valence-corrected chi connectivity index (χ0v) is 9.56. The van der Waals surface area contributed by atoms with Crippen molar-refractivity contribution < 1.29 is 4.39 Å². The topological polar surface area (TPSA) is 34.9 Å². The van der Waals surface area contributed by atoms with Gasteiger partial charge in [0.15, 0.2) is 0 Å². The van der Waals surface area contributed by atoms with Gasteiger partial charge in [0.2, 0.25) is 0 Å². The van der Waals surface area contributed by atoms with Crippen molar-refractivity contribution in [2.45, 2.75) is 19.9 Å². The molecule has 0 amide bonds. The molecule has 0 fully saturated rings. The maximum atomic E-state index is 12.8. The normalized spacial score (nSPS) is 10.5. The monoisotopic (exact) mass is 232 g/mol. The Morgan fingerprint density at radius 1 is 1.29 bits per heavy atom. The summed E-state index contributed by atoms with van der Waals surface area (Å²) in [5.41, 5.74) is 1.23. The van der Waals surface area contributed by atoms with Gasteiger partial charge in [-0.1, -0.05) is 6.92 Å². The number of aromatic nitrogens is 2. The second kappa shape index (κ2) is 4.91. The predicted molar refractivity (Wildman–Crippen MR) is 64.2 cm³/mol. The molecular formula is C13H13FN2O. The number of hydrogen-bond donors (Lipinski definition) is 0. The zero-order chi connectivity index (χ0) is 12.3. The highest BCUT2D eigenvalue weighted by Gasteiger charge is 2.02. The Kier molecular flexibility index (Phi) is 3.32. The van der Waals surface area contributed by atoms with E-state index in [0.717, 1.165) is 12.0 Å². The smallest absolute Gasteiger partial charge is 0.253 e. The minimum Gasteiger partial charge on any atom is -0.299 e. The molecule has 0 atom stereocenters. The van der Waals surface area contributed by atoms with Gasteiger partial charge in [-0.25, -0.2) is 9.37 Å². The molecule has 0 saturated heterocycles. The van der Waals surface area contributed by atoms with Crippen LogP contribution in [0.3, 0.4) is 0 Å². The summed E-state index contributed by atoms with van der Waals surface area (Å²) in [6.07, 6.45) is 2.42. The highest BCUT2D eigenvalue weighted by atomic mass is 19.1. The van der Waals surface area contributed by atoms with E-state index in [4.69, 9.17) is 0 Å². The van der Waals surface area contributed by atoms with Crippen LogP contribution in [0.2, 0.25) is 0 Å². The quantitative estimate of drug-likeness (QED) is 0.814. The van der Waals surface area contributed by atoms with Crippen LogP contribution >= 0.6 is 0 Å². The lowest BCUT2D eigenvalue weighted by molar-refractivity contribution is 0.628. The summed E-state index contributed by atoms with van der Waals surface area (Å²) in [5, 5.41) is 0. The summed E-state index contributed by atoms with van der Waals surface area (Å²) in [6.45, 7) is 2.66. The second-order valence-corrected chi connectivity index (χ2v) is 3.81. The van der Waals surface area contributed by atoms with Crippen molar-refractivity contribution in [1.29, 1.82) is 0 Å². The molecule has 0 unspecified atom stereocenters. The summed E-state index contributed by atoms with van der Waals surface area (Å²) >= 11 is 0. The molecule has 0 radical (unpaired) electrons. The molecule has 2 aromatic rings. The summed E-state index contributed by atoms with van der Waals surface area (Å²) < 4.78 is 14.3. The lowest BCUT2D eigenvalue weighted by atomic mass is 10.1. The fourth-order valence-corrected chi connectivity index (χ4v) is 1.61. The molecule has 0 spiro atoms. The third kappa shape index (κ3) is 2.58. The first-order chi connectivity index (χ1) is 8.20. The maximum Gasteiger partial charge on any atom is 0.253 e. The summed E-state index contributed by atoms with van der Waals surface area (Å²) in [5.74, 6) is -0.298. The first-order valence-electron chi connectivity index (χ1n) is 5.53. The number of halogens is 1. The summed E-state index contributed by atoms with van der Waals surface area (Å²) in [7, 11) is 0. The van der Waals surface area contributed by atoms with Gasteiger partial charge in [-0.05, 0) is 30.7 Å². The van der Waals surface area contributed by atoms with Crippen molar-refractivity contribution in [3.63, 3.8) is 0 Å². The van der Waals surface area contributed by atoms with E-state index in [1.165, 1.54) is 24.5 Å². The van der Waals surface area contributed by atoms with Gasteiger partial charge in [0, 0.05) is 18.2 Å². The van der Waals surface area contributed by atoms with Gasteiger partial charge < -0.3 is 0 Å². The second-order valence-electron chi connectivity index (χ2n) is 3.81. The van der Waals surface area contributed by atoms with Gasteiger partial charge in [0.05, 0.1) is 12.0 Å². The Bertz CT molecular complexity index is 560. The first-order valence-corrected chi connectivity index (χ1v) is 5.53. The van der Waals surface area contributed by atoms with Gasteiger partial charge in [0.1, 0.15) is 5.82 Å².